The van der Waals surface area contributed by atoms with Crippen LogP contribution in [0.2, 0.25) is 0 Å². The molecule has 1 aromatic rings. The van der Waals surface area contributed by atoms with Gasteiger partial charge in [-0.2, -0.15) is 11.8 Å². The molecule has 5 heteroatoms. The number of carbonyl (C=O) groups is 2. The highest BCUT2D eigenvalue weighted by Crippen LogP contribution is 2.28. The number of carbonyl (C=O) groups excluding carboxylic acids is 2. The lowest BCUT2D eigenvalue weighted by molar-refractivity contribution is -0.129. The summed E-state index contributed by atoms with van der Waals surface area (Å²) in [6, 6.07) is 9.91. The molecule has 1 rings (SSSR count). The van der Waals surface area contributed by atoms with Gasteiger partial charge in [0.05, 0.1) is 0 Å². The van der Waals surface area contributed by atoms with E-state index in [4.69, 9.17) is 0 Å². The Morgan fingerprint density at radius 2 is 1.80 bits per heavy atom. The molecule has 0 heterocycles. The van der Waals surface area contributed by atoms with Crippen LogP contribution in [0, 0.1) is 0 Å². The van der Waals surface area contributed by atoms with E-state index in [0.29, 0.717) is 12.8 Å². The van der Waals surface area contributed by atoms with E-state index in [1.807, 2.05) is 31.4 Å². The van der Waals surface area contributed by atoms with E-state index in [9.17, 15) is 9.59 Å². The first-order chi connectivity index (χ1) is 11.8. The smallest absolute Gasteiger partial charge is 0.242 e. The van der Waals surface area contributed by atoms with Gasteiger partial charge >= 0.3 is 0 Å². The molecule has 2 unspecified atom stereocenters. The summed E-state index contributed by atoms with van der Waals surface area (Å²) < 4.78 is 0. The maximum atomic E-state index is 12.6. The fourth-order valence-electron chi connectivity index (χ4n) is 2.97. The van der Waals surface area contributed by atoms with E-state index in [-0.39, 0.29) is 23.3 Å². The number of hydrogen-bond acceptors (Lipinski definition) is 3. The van der Waals surface area contributed by atoms with Crippen molar-refractivity contribution < 1.29 is 9.59 Å². The zero-order valence-corrected chi connectivity index (χ0v) is 16.9. The van der Waals surface area contributed by atoms with Gasteiger partial charge in [0.1, 0.15) is 6.04 Å². The van der Waals surface area contributed by atoms with Crippen LogP contribution in [0.25, 0.3) is 0 Å². The van der Waals surface area contributed by atoms with Gasteiger partial charge in [0.25, 0.3) is 0 Å². The molecule has 0 aliphatic rings. The summed E-state index contributed by atoms with van der Waals surface area (Å²) >= 11 is 1.68. The van der Waals surface area contributed by atoms with E-state index >= 15 is 0 Å². The molecule has 2 N–H and O–H groups in total. The first kappa shape index (κ1) is 21.6. The predicted molar refractivity (Wildman–Crippen MR) is 107 cm³/mol. The molecular weight excluding hydrogens is 332 g/mol. The van der Waals surface area contributed by atoms with Crippen LogP contribution in [0.3, 0.4) is 0 Å². The third kappa shape index (κ3) is 7.51. The Morgan fingerprint density at radius 1 is 1.16 bits per heavy atom. The quantitative estimate of drug-likeness (QED) is 0.668. The Morgan fingerprint density at radius 3 is 2.36 bits per heavy atom. The van der Waals surface area contributed by atoms with Crippen molar-refractivity contribution in [1.29, 1.82) is 0 Å². The van der Waals surface area contributed by atoms with Crippen molar-refractivity contribution in [3.05, 3.63) is 35.9 Å². The van der Waals surface area contributed by atoms with E-state index < -0.39 is 6.04 Å². The lowest BCUT2D eigenvalue weighted by Crippen LogP contribution is -2.50. The summed E-state index contributed by atoms with van der Waals surface area (Å²) in [5.74, 6) is 0.664. The second kappa shape index (κ2) is 10.5. The summed E-state index contributed by atoms with van der Waals surface area (Å²) in [6.45, 7) is 8.20. The second-order valence-corrected chi connectivity index (χ2v) is 8.10. The summed E-state index contributed by atoms with van der Waals surface area (Å²) in [6.07, 6.45) is 3.87. The van der Waals surface area contributed by atoms with Gasteiger partial charge in [0, 0.05) is 12.5 Å². The molecule has 0 saturated carbocycles. The van der Waals surface area contributed by atoms with Crippen molar-refractivity contribution in [1.82, 2.24) is 10.6 Å². The Balaban J connectivity index is 2.67. The van der Waals surface area contributed by atoms with Crippen molar-refractivity contribution in [2.45, 2.75) is 64.5 Å². The van der Waals surface area contributed by atoms with Crippen LogP contribution in [0.1, 0.15) is 52.5 Å². The van der Waals surface area contributed by atoms with Gasteiger partial charge in [-0.25, -0.2) is 0 Å². The van der Waals surface area contributed by atoms with Gasteiger partial charge in [-0.3, -0.25) is 9.59 Å². The number of amides is 2. The molecule has 0 aliphatic carbocycles. The number of benzene rings is 1. The van der Waals surface area contributed by atoms with Crippen molar-refractivity contribution in [2.24, 2.45) is 0 Å². The van der Waals surface area contributed by atoms with Crippen molar-refractivity contribution in [3.8, 4) is 0 Å². The Bertz CT molecular complexity index is 546. The Hall–Kier alpha value is -1.49. The zero-order chi connectivity index (χ0) is 18.9. The molecule has 0 aromatic heterocycles. The van der Waals surface area contributed by atoms with Crippen LogP contribution < -0.4 is 10.6 Å². The average Bonchev–Trinajstić information content (AvgIpc) is 2.58. The summed E-state index contributed by atoms with van der Waals surface area (Å²) in [5.41, 5.74) is 1.23. The standard InChI is InChI=1S/C20H32N2O2S/c1-6-18(23)22-17(12-13-25-5)19(24)21-15(2)14-20(3,4)16-10-8-7-9-11-16/h7-11,15,17H,6,12-14H2,1-5H3,(H,21,24)(H,22,23). The van der Waals surface area contributed by atoms with Gasteiger partial charge in [-0.05, 0) is 42.8 Å². The second-order valence-electron chi connectivity index (χ2n) is 7.12. The minimum absolute atomic E-state index is 0.0259. The summed E-state index contributed by atoms with van der Waals surface area (Å²) in [5, 5.41) is 5.92. The zero-order valence-electron chi connectivity index (χ0n) is 16.1. The van der Waals surface area contributed by atoms with E-state index in [2.05, 4.69) is 36.6 Å². The highest BCUT2D eigenvalue weighted by atomic mass is 32.2. The predicted octanol–water partition coefficient (Wildman–Crippen LogP) is 3.51. The van der Waals surface area contributed by atoms with Gasteiger partial charge in [0.2, 0.25) is 11.8 Å². The molecule has 4 nitrogen and oxygen atoms in total. The largest absolute Gasteiger partial charge is 0.352 e. The Labute approximate surface area is 156 Å². The molecule has 0 aliphatic heterocycles. The van der Waals surface area contributed by atoms with E-state index in [1.165, 1.54) is 5.56 Å². The number of rotatable bonds is 10. The molecule has 140 valence electrons. The van der Waals surface area contributed by atoms with E-state index in [1.54, 1.807) is 18.7 Å². The van der Waals surface area contributed by atoms with Gasteiger partial charge < -0.3 is 10.6 Å². The minimum atomic E-state index is -0.456. The van der Waals surface area contributed by atoms with Crippen LogP contribution in [0.5, 0.6) is 0 Å². The van der Waals surface area contributed by atoms with Gasteiger partial charge in [-0.1, -0.05) is 51.1 Å². The van der Waals surface area contributed by atoms with Crippen LogP contribution in [-0.4, -0.2) is 35.9 Å². The number of thioether (sulfide) groups is 1. The molecular formula is C20H32N2O2S. The third-order valence-corrected chi connectivity index (χ3v) is 4.99. The number of nitrogens with one attached hydrogen (secondary N) is 2. The van der Waals surface area contributed by atoms with Crippen molar-refractivity contribution in [2.75, 3.05) is 12.0 Å². The van der Waals surface area contributed by atoms with Crippen molar-refractivity contribution >= 4 is 23.6 Å². The molecule has 25 heavy (non-hydrogen) atoms. The van der Waals surface area contributed by atoms with Crippen LogP contribution >= 0.6 is 11.8 Å². The summed E-state index contributed by atoms with van der Waals surface area (Å²) in [7, 11) is 0. The molecule has 0 fully saturated rings. The van der Waals surface area contributed by atoms with Crippen LogP contribution in [-0.2, 0) is 15.0 Å². The minimum Gasteiger partial charge on any atom is -0.352 e. The molecule has 1 aromatic carbocycles. The van der Waals surface area contributed by atoms with Gasteiger partial charge in [-0.15, -0.1) is 0 Å². The topological polar surface area (TPSA) is 58.2 Å². The van der Waals surface area contributed by atoms with E-state index in [0.717, 1.165) is 12.2 Å². The monoisotopic (exact) mass is 364 g/mol. The SMILES string of the molecule is CCC(=O)NC(CCSC)C(=O)NC(C)CC(C)(C)c1ccccc1. The first-order valence-electron chi connectivity index (χ1n) is 8.94. The maximum Gasteiger partial charge on any atom is 0.242 e. The Kier molecular flexibility index (Phi) is 9.04. The highest BCUT2D eigenvalue weighted by molar-refractivity contribution is 7.98. The fraction of sp³-hybridized carbons (Fsp3) is 0.600. The normalized spacial score (nSPS) is 13.8. The molecule has 0 bridgehead atoms. The number of hydrogen-bond donors (Lipinski definition) is 2. The molecule has 2 amide bonds. The molecule has 0 radical (unpaired) electrons. The highest BCUT2D eigenvalue weighted by Gasteiger charge is 2.26. The summed E-state index contributed by atoms with van der Waals surface area (Å²) in [4.78, 5) is 24.3. The molecule has 0 spiro atoms. The average molecular weight is 365 g/mol. The molecule has 2 atom stereocenters. The molecule has 0 saturated heterocycles. The lowest BCUT2D eigenvalue weighted by atomic mass is 9.79. The lowest BCUT2D eigenvalue weighted by Gasteiger charge is -2.30. The fourth-order valence-corrected chi connectivity index (χ4v) is 3.44. The van der Waals surface area contributed by atoms with Crippen LogP contribution in [0.15, 0.2) is 30.3 Å². The third-order valence-electron chi connectivity index (χ3n) is 4.34. The maximum absolute atomic E-state index is 12.6. The van der Waals surface area contributed by atoms with Crippen LogP contribution in [0.4, 0.5) is 0 Å². The van der Waals surface area contributed by atoms with Gasteiger partial charge in [0.15, 0.2) is 0 Å². The van der Waals surface area contributed by atoms with Crippen molar-refractivity contribution in [3.63, 3.8) is 0 Å². The first-order valence-corrected chi connectivity index (χ1v) is 10.3.